The summed E-state index contributed by atoms with van der Waals surface area (Å²) >= 11 is 0. The summed E-state index contributed by atoms with van der Waals surface area (Å²) in [5, 5.41) is 7.59. The summed E-state index contributed by atoms with van der Waals surface area (Å²) in [5.74, 6) is 2.76. The standard InChI is InChI=1S/C37H48N4O3/c1-25-19-32(15-18-36(25)44-3)29-11-9-28(10-12-29)23-40(37(43)30-13-7-27(8-14-30)21-38-26(2)42)35-6-4-5-31(20-35)33-22-39-41(24-33)34-16-17-34/h4-6,15,18-20,22,24,27-30,34H,7-14,16-17,21,23H2,1-3H3,(H,38,42). The van der Waals surface area contributed by atoms with Gasteiger partial charge >= 0.3 is 0 Å². The molecule has 2 aromatic carbocycles. The molecule has 3 saturated carbocycles. The van der Waals surface area contributed by atoms with Crippen molar-refractivity contribution in [3.8, 4) is 16.9 Å². The molecule has 3 aromatic rings. The van der Waals surface area contributed by atoms with Gasteiger partial charge in [0.25, 0.3) is 0 Å². The van der Waals surface area contributed by atoms with E-state index in [2.05, 4.69) is 75.6 Å². The van der Waals surface area contributed by atoms with Crippen molar-refractivity contribution in [3.05, 3.63) is 66.0 Å². The molecule has 44 heavy (non-hydrogen) atoms. The van der Waals surface area contributed by atoms with E-state index in [1.165, 1.54) is 24.0 Å². The van der Waals surface area contributed by atoms with E-state index in [1.54, 1.807) is 14.0 Å². The summed E-state index contributed by atoms with van der Waals surface area (Å²) < 4.78 is 7.57. The Kier molecular flexibility index (Phi) is 9.39. The summed E-state index contributed by atoms with van der Waals surface area (Å²) in [5.41, 5.74) is 5.83. The van der Waals surface area contributed by atoms with Gasteiger partial charge in [-0.25, -0.2) is 0 Å². The van der Waals surface area contributed by atoms with Crippen molar-refractivity contribution in [1.29, 1.82) is 0 Å². The lowest BCUT2D eigenvalue weighted by Gasteiger charge is -2.36. The molecule has 3 aliphatic carbocycles. The Hall–Kier alpha value is -3.61. The Morgan fingerprint density at radius 2 is 1.68 bits per heavy atom. The third-order valence-electron chi connectivity index (χ3n) is 10.3. The predicted molar refractivity (Wildman–Crippen MR) is 175 cm³/mol. The molecule has 234 valence electrons. The number of anilines is 1. The second-order valence-corrected chi connectivity index (χ2v) is 13.5. The fraction of sp³-hybridized carbons (Fsp3) is 0.541. The molecule has 0 saturated heterocycles. The SMILES string of the molecule is COc1ccc(C2CCC(CN(C(=O)C3CCC(CNC(C)=O)CC3)c3cccc(-c4cnn(C5CC5)c4)c3)CC2)cc1C. The number of benzene rings is 2. The highest BCUT2D eigenvalue weighted by Gasteiger charge is 2.33. The van der Waals surface area contributed by atoms with Crippen LogP contribution in [0.25, 0.3) is 11.1 Å². The van der Waals surface area contributed by atoms with Crippen molar-refractivity contribution in [1.82, 2.24) is 15.1 Å². The first-order valence-corrected chi connectivity index (χ1v) is 16.7. The lowest BCUT2D eigenvalue weighted by atomic mass is 9.77. The maximum Gasteiger partial charge on any atom is 0.230 e. The highest BCUT2D eigenvalue weighted by molar-refractivity contribution is 5.95. The number of ether oxygens (including phenoxy) is 1. The van der Waals surface area contributed by atoms with Crippen LogP contribution in [-0.2, 0) is 9.59 Å². The van der Waals surface area contributed by atoms with Crippen molar-refractivity contribution in [2.45, 2.75) is 90.0 Å². The molecule has 1 N–H and O–H groups in total. The number of rotatable bonds is 10. The zero-order valence-electron chi connectivity index (χ0n) is 26.6. The zero-order valence-corrected chi connectivity index (χ0v) is 26.6. The number of amides is 2. The summed E-state index contributed by atoms with van der Waals surface area (Å²) in [6, 6.07) is 15.7. The van der Waals surface area contributed by atoms with Gasteiger partial charge in [-0.05, 0) is 124 Å². The number of hydrogen-bond acceptors (Lipinski definition) is 4. The fourth-order valence-electron chi connectivity index (χ4n) is 7.42. The van der Waals surface area contributed by atoms with Gasteiger partial charge in [-0.1, -0.05) is 24.3 Å². The van der Waals surface area contributed by atoms with Crippen LogP contribution in [0.4, 0.5) is 5.69 Å². The molecule has 0 aliphatic heterocycles. The molecular formula is C37H48N4O3. The molecular weight excluding hydrogens is 548 g/mol. The van der Waals surface area contributed by atoms with E-state index >= 15 is 0 Å². The molecule has 0 atom stereocenters. The van der Waals surface area contributed by atoms with Crippen LogP contribution in [0.2, 0.25) is 0 Å². The van der Waals surface area contributed by atoms with E-state index in [4.69, 9.17) is 4.74 Å². The molecule has 3 fully saturated rings. The first-order chi connectivity index (χ1) is 21.4. The van der Waals surface area contributed by atoms with Gasteiger partial charge in [0.05, 0.1) is 19.3 Å². The van der Waals surface area contributed by atoms with Gasteiger partial charge in [-0.2, -0.15) is 5.10 Å². The van der Waals surface area contributed by atoms with Gasteiger partial charge < -0.3 is 15.0 Å². The number of methoxy groups -OCH3 is 1. The lowest BCUT2D eigenvalue weighted by Crippen LogP contribution is -2.42. The average Bonchev–Trinajstić information content (AvgIpc) is 3.78. The van der Waals surface area contributed by atoms with Crippen LogP contribution in [0.5, 0.6) is 5.75 Å². The largest absolute Gasteiger partial charge is 0.496 e. The molecule has 0 bridgehead atoms. The van der Waals surface area contributed by atoms with Gasteiger partial charge in [-0.3, -0.25) is 14.3 Å². The lowest BCUT2D eigenvalue weighted by molar-refractivity contribution is -0.124. The number of aryl methyl sites for hydroxylation is 1. The molecule has 6 rings (SSSR count). The van der Waals surface area contributed by atoms with Crippen LogP contribution < -0.4 is 15.0 Å². The molecule has 7 heteroatoms. The second-order valence-electron chi connectivity index (χ2n) is 13.5. The van der Waals surface area contributed by atoms with E-state index in [9.17, 15) is 9.59 Å². The number of nitrogens with one attached hydrogen (secondary N) is 1. The Balaban J connectivity index is 1.17. The van der Waals surface area contributed by atoms with Crippen molar-refractivity contribution in [2.75, 3.05) is 25.1 Å². The summed E-state index contributed by atoms with van der Waals surface area (Å²) in [6.45, 7) is 5.18. The summed E-state index contributed by atoms with van der Waals surface area (Å²) in [7, 11) is 1.73. The molecule has 1 aromatic heterocycles. The first kappa shape index (κ1) is 30.4. The van der Waals surface area contributed by atoms with E-state index < -0.39 is 0 Å². The van der Waals surface area contributed by atoms with Crippen LogP contribution in [0.1, 0.15) is 94.2 Å². The average molecular weight is 597 g/mol. The highest BCUT2D eigenvalue weighted by Crippen LogP contribution is 2.40. The summed E-state index contributed by atoms with van der Waals surface area (Å²) in [6.07, 6.45) is 14.8. The maximum atomic E-state index is 14.3. The molecule has 2 amide bonds. The van der Waals surface area contributed by atoms with Crippen LogP contribution in [0, 0.1) is 24.7 Å². The minimum atomic E-state index is 0.0220. The van der Waals surface area contributed by atoms with E-state index in [0.717, 1.165) is 80.5 Å². The van der Waals surface area contributed by atoms with Crippen molar-refractivity contribution in [3.63, 3.8) is 0 Å². The monoisotopic (exact) mass is 596 g/mol. The Bertz CT molecular complexity index is 1440. The van der Waals surface area contributed by atoms with Crippen LogP contribution >= 0.6 is 0 Å². The zero-order chi connectivity index (χ0) is 30.6. The third-order valence-corrected chi connectivity index (χ3v) is 10.3. The quantitative estimate of drug-likeness (QED) is 0.264. The van der Waals surface area contributed by atoms with E-state index in [-0.39, 0.29) is 17.7 Å². The maximum absolute atomic E-state index is 14.3. The van der Waals surface area contributed by atoms with Crippen LogP contribution in [-0.4, -0.2) is 41.8 Å². The smallest absolute Gasteiger partial charge is 0.230 e. The number of carbonyl (C=O) groups is 2. The number of carbonyl (C=O) groups excluding carboxylic acids is 2. The van der Waals surface area contributed by atoms with Crippen LogP contribution in [0.3, 0.4) is 0 Å². The summed E-state index contributed by atoms with van der Waals surface area (Å²) in [4.78, 5) is 27.8. The predicted octanol–water partition coefficient (Wildman–Crippen LogP) is 7.45. The van der Waals surface area contributed by atoms with Gasteiger partial charge in [0.1, 0.15) is 5.75 Å². The Morgan fingerprint density at radius 3 is 2.36 bits per heavy atom. The molecule has 0 unspecified atom stereocenters. The minimum absolute atomic E-state index is 0.0220. The van der Waals surface area contributed by atoms with Gasteiger partial charge in [0, 0.05) is 43.4 Å². The molecule has 0 spiro atoms. The van der Waals surface area contributed by atoms with Crippen molar-refractivity contribution >= 4 is 17.5 Å². The Labute approximate surface area is 262 Å². The third kappa shape index (κ3) is 7.19. The number of aromatic nitrogens is 2. The molecule has 3 aliphatic rings. The molecule has 1 heterocycles. The molecule has 7 nitrogen and oxygen atoms in total. The Morgan fingerprint density at radius 1 is 0.932 bits per heavy atom. The number of hydrogen-bond donors (Lipinski definition) is 1. The molecule has 0 radical (unpaired) electrons. The van der Waals surface area contributed by atoms with Crippen molar-refractivity contribution in [2.24, 2.45) is 17.8 Å². The first-order valence-electron chi connectivity index (χ1n) is 16.7. The van der Waals surface area contributed by atoms with E-state index in [1.807, 2.05) is 6.20 Å². The van der Waals surface area contributed by atoms with E-state index in [0.29, 0.717) is 30.3 Å². The van der Waals surface area contributed by atoms with Crippen LogP contribution in [0.15, 0.2) is 54.9 Å². The van der Waals surface area contributed by atoms with Gasteiger partial charge in [0.15, 0.2) is 0 Å². The number of nitrogens with zero attached hydrogens (tertiary/aromatic N) is 3. The normalized spacial score (nSPS) is 23.6. The fourth-order valence-corrected chi connectivity index (χ4v) is 7.42. The minimum Gasteiger partial charge on any atom is -0.496 e. The topological polar surface area (TPSA) is 76.5 Å². The van der Waals surface area contributed by atoms with Gasteiger partial charge in [-0.15, -0.1) is 0 Å². The second kappa shape index (κ2) is 13.6. The highest BCUT2D eigenvalue weighted by atomic mass is 16.5. The van der Waals surface area contributed by atoms with Crippen molar-refractivity contribution < 1.29 is 14.3 Å². The van der Waals surface area contributed by atoms with Gasteiger partial charge in [0.2, 0.25) is 11.8 Å².